The van der Waals surface area contributed by atoms with E-state index in [-0.39, 0.29) is 0 Å². The first-order valence-corrected chi connectivity index (χ1v) is 6.12. The number of likely N-dealkylation sites (N-methyl/N-ethyl adjacent to an activating group) is 1. The second-order valence-corrected chi connectivity index (χ2v) is 4.94. The van der Waals surface area contributed by atoms with Crippen LogP contribution in [0.15, 0.2) is 18.2 Å². The van der Waals surface area contributed by atoms with Gasteiger partial charge in [-0.25, -0.2) is 4.98 Å². The van der Waals surface area contributed by atoms with Crippen molar-refractivity contribution in [2.75, 3.05) is 20.1 Å². The Hall–Kier alpha value is -1.88. The summed E-state index contributed by atoms with van der Waals surface area (Å²) in [5, 5.41) is 0. The van der Waals surface area contributed by atoms with Crippen LogP contribution in [0.3, 0.4) is 0 Å². The number of likely N-dealkylation sites (tertiary alicyclic amines) is 1. The van der Waals surface area contributed by atoms with Gasteiger partial charge in [0.05, 0.1) is 11.1 Å². The van der Waals surface area contributed by atoms with Crippen LogP contribution >= 0.6 is 0 Å². The number of carbonyl (C=O) groups excluding carboxylic acids is 1. The summed E-state index contributed by atoms with van der Waals surface area (Å²) in [5.74, 6) is 0.952. The first-order valence-electron chi connectivity index (χ1n) is 6.12. The minimum Gasteiger partial charge on any atom is -0.366 e. The molecule has 3 N–H and O–H groups in total. The van der Waals surface area contributed by atoms with E-state index in [0.29, 0.717) is 17.0 Å². The largest absolute Gasteiger partial charge is 0.366 e. The molecule has 0 spiro atoms. The molecule has 0 radical (unpaired) electrons. The van der Waals surface area contributed by atoms with Crippen molar-refractivity contribution < 1.29 is 4.79 Å². The number of fused-ring (bicyclic) bond motifs is 1. The highest BCUT2D eigenvalue weighted by atomic mass is 16.1. The molecular formula is C13H16N4O. The predicted molar refractivity (Wildman–Crippen MR) is 69.5 cm³/mol. The molecule has 1 aromatic carbocycles. The topological polar surface area (TPSA) is 75.0 Å². The lowest BCUT2D eigenvalue weighted by Crippen LogP contribution is -2.13. The Balaban J connectivity index is 2.05. The molecule has 1 aromatic heterocycles. The fourth-order valence-corrected chi connectivity index (χ4v) is 2.60. The Bertz CT molecular complexity index is 604. The van der Waals surface area contributed by atoms with Crippen LogP contribution in [0.5, 0.6) is 0 Å². The van der Waals surface area contributed by atoms with Gasteiger partial charge in [0.15, 0.2) is 0 Å². The number of nitrogens with two attached hydrogens (primary N) is 1. The third-order valence-electron chi connectivity index (χ3n) is 3.57. The van der Waals surface area contributed by atoms with E-state index in [4.69, 9.17) is 5.73 Å². The summed E-state index contributed by atoms with van der Waals surface area (Å²) in [6.07, 6.45) is 1.10. The van der Waals surface area contributed by atoms with Gasteiger partial charge in [-0.1, -0.05) is 6.07 Å². The quantitative estimate of drug-likeness (QED) is 0.830. The summed E-state index contributed by atoms with van der Waals surface area (Å²) < 4.78 is 0. The van der Waals surface area contributed by atoms with Crippen molar-refractivity contribution in [2.24, 2.45) is 5.73 Å². The van der Waals surface area contributed by atoms with Crippen LogP contribution in [0.25, 0.3) is 11.0 Å². The van der Waals surface area contributed by atoms with Crippen molar-refractivity contribution >= 4 is 16.9 Å². The van der Waals surface area contributed by atoms with Gasteiger partial charge in [-0.05, 0) is 32.1 Å². The molecule has 1 aliphatic heterocycles. The smallest absolute Gasteiger partial charge is 0.250 e. The predicted octanol–water partition coefficient (Wildman–Crippen LogP) is 1.08. The Morgan fingerprint density at radius 1 is 1.56 bits per heavy atom. The molecule has 18 heavy (non-hydrogen) atoms. The number of carbonyl (C=O) groups is 1. The van der Waals surface area contributed by atoms with E-state index in [2.05, 4.69) is 21.9 Å². The average molecular weight is 244 g/mol. The van der Waals surface area contributed by atoms with Gasteiger partial charge in [-0.2, -0.15) is 0 Å². The van der Waals surface area contributed by atoms with Crippen LogP contribution in [-0.4, -0.2) is 40.9 Å². The van der Waals surface area contributed by atoms with E-state index < -0.39 is 5.91 Å². The zero-order valence-corrected chi connectivity index (χ0v) is 10.3. The molecule has 1 amide bonds. The van der Waals surface area contributed by atoms with Crippen molar-refractivity contribution in [1.29, 1.82) is 0 Å². The number of benzene rings is 1. The Labute approximate surface area is 105 Å². The third-order valence-corrected chi connectivity index (χ3v) is 3.57. The molecule has 0 saturated carbocycles. The minimum absolute atomic E-state index is 0.420. The number of para-hydroxylation sites is 1. The van der Waals surface area contributed by atoms with Gasteiger partial charge in [-0.15, -0.1) is 0 Å². The Morgan fingerprint density at radius 2 is 2.39 bits per heavy atom. The number of amides is 1. The fraction of sp³-hybridized carbons (Fsp3) is 0.385. The molecule has 0 unspecified atom stereocenters. The number of aromatic nitrogens is 2. The number of imidazole rings is 1. The van der Waals surface area contributed by atoms with Crippen LogP contribution in [0.4, 0.5) is 0 Å². The number of H-pyrrole nitrogens is 1. The van der Waals surface area contributed by atoms with E-state index in [1.54, 1.807) is 6.07 Å². The lowest BCUT2D eigenvalue weighted by atomic mass is 10.1. The highest BCUT2D eigenvalue weighted by Gasteiger charge is 2.24. The molecule has 94 valence electrons. The summed E-state index contributed by atoms with van der Waals surface area (Å²) in [5.41, 5.74) is 7.43. The van der Waals surface area contributed by atoms with Crippen molar-refractivity contribution in [3.8, 4) is 0 Å². The maximum absolute atomic E-state index is 11.4. The zero-order chi connectivity index (χ0) is 12.7. The number of nitrogens with one attached hydrogen (secondary N) is 1. The number of nitrogens with zero attached hydrogens (tertiary/aromatic N) is 2. The molecular weight excluding hydrogens is 228 g/mol. The number of hydrogen-bond donors (Lipinski definition) is 2. The summed E-state index contributed by atoms with van der Waals surface area (Å²) in [4.78, 5) is 21.5. The van der Waals surface area contributed by atoms with Crippen LogP contribution in [0, 0.1) is 0 Å². The number of primary amides is 1. The maximum Gasteiger partial charge on any atom is 0.250 e. The summed E-state index contributed by atoms with van der Waals surface area (Å²) in [6, 6.07) is 5.47. The van der Waals surface area contributed by atoms with Gasteiger partial charge in [-0.3, -0.25) is 4.79 Å². The first kappa shape index (κ1) is 11.2. The van der Waals surface area contributed by atoms with Crippen LogP contribution < -0.4 is 5.73 Å². The molecule has 2 heterocycles. The van der Waals surface area contributed by atoms with Gasteiger partial charge in [0.1, 0.15) is 11.3 Å². The maximum atomic E-state index is 11.4. The summed E-state index contributed by atoms with van der Waals surface area (Å²) in [6.45, 7) is 2.09. The van der Waals surface area contributed by atoms with Crippen LogP contribution in [0.1, 0.15) is 28.5 Å². The van der Waals surface area contributed by atoms with E-state index in [1.807, 2.05) is 12.1 Å². The highest BCUT2D eigenvalue weighted by molar-refractivity contribution is 6.04. The van der Waals surface area contributed by atoms with Crippen LogP contribution in [-0.2, 0) is 0 Å². The van der Waals surface area contributed by atoms with Gasteiger partial charge >= 0.3 is 0 Å². The normalized spacial score (nSPS) is 20.6. The van der Waals surface area contributed by atoms with E-state index >= 15 is 0 Å². The number of hydrogen-bond acceptors (Lipinski definition) is 3. The van der Waals surface area contributed by atoms with Crippen molar-refractivity contribution in [3.05, 3.63) is 29.6 Å². The SMILES string of the molecule is CN1CC[C@H](c2nc3c(C(N)=O)cccc3[nH]2)C1. The van der Waals surface area contributed by atoms with E-state index in [1.165, 1.54) is 0 Å². The lowest BCUT2D eigenvalue weighted by molar-refractivity contribution is 0.100. The van der Waals surface area contributed by atoms with Gasteiger partial charge in [0, 0.05) is 12.5 Å². The molecule has 3 rings (SSSR count). The van der Waals surface area contributed by atoms with Crippen molar-refractivity contribution in [3.63, 3.8) is 0 Å². The summed E-state index contributed by atoms with van der Waals surface area (Å²) in [7, 11) is 2.11. The molecule has 0 aliphatic carbocycles. The number of aromatic amines is 1. The molecule has 5 nitrogen and oxygen atoms in total. The molecule has 0 bridgehead atoms. The second kappa shape index (κ2) is 4.10. The Morgan fingerprint density at radius 3 is 3.06 bits per heavy atom. The molecule has 5 heteroatoms. The van der Waals surface area contributed by atoms with Gasteiger partial charge in [0.2, 0.25) is 0 Å². The highest BCUT2D eigenvalue weighted by Crippen LogP contribution is 2.26. The van der Waals surface area contributed by atoms with Crippen molar-refractivity contribution in [1.82, 2.24) is 14.9 Å². The summed E-state index contributed by atoms with van der Waals surface area (Å²) >= 11 is 0. The standard InChI is InChI=1S/C13H16N4O/c1-17-6-5-8(7-17)13-15-10-4-2-3-9(12(14)18)11(10)16-13/h2-4,8H,5-7H2,1H3,(H2,14,18)(H,15,16)/t8-/m0/s1. The number of rotatable bonds is 2. The molecule has 1 atom stereocenters. The van der Waals surface area contributed by atoms with Gasteiger partial charge < -0.3 is 15.6 Å². The van der Waals surface area contributed by atoms with Crippen molar-refractivity contribution in [2.45, 2.75) is 12.3 Å². The van der Waals surface area contributed by atoms with E-state index in [9.17, 15) is 4.79 Å². The molecule has 1 aliphatic rings. The van der Waals surface area contributed by atoms with Gasteiger partial charge in [0.25, 0.3) is 5.91 Å². The monoisotopic (exact) mass is 244 g/mol. The molecule has 2 aromatic rings. The third kappa shape index (κ3) is 1.76. The average Bonchev–Trinajstić information content (AvgIpc) is 2.93. The van der Waals surface area contributed by atoms with E-state index in [0.717, 1.165) is 30.9 Å². The molecule has 1 saturated heterocycles. The fourth-order valence-electron chi connectivity index (χ4n) is 2.60. The first-order chi connectivity index (χ1) is 8.65. The zero-order valence-electron chi connectivity index (χ0n) is 10.3. The lowest BCUT2D eigenvalue weighted by Gasteiger charge is -2.06. The minimum atomic E-state index is -0.429. The molecule has 1 fully saturated rings. The van der Waals surface area contributed by atoms with Crippen LogP contribution in [0.2, 0.25) is 0 Å². The Kier molecular flexibility index (Phi) is 2.56. The second-order valence-electron chi connectivity index (χ2n) is 4.94.